The molecule has 1 saturated heterocycles. The van der Waals surface area contributed by atoms with E-state index in [9.17, 15) is 8.42 Å². The van der Waals surface area contributed by atoms with Gasteiger partial charge in [0.2, 0.25) is 10.0 Å². The van der Waals surface area contributed by atoms with Gasteiger partial charge < -0.3 is 5.32 Å². The first-order valence-electron chi connectivity index (χ1n) is 8.42. The van der Waals surface area contributed by atoms with Gasteiger partial charge in [-0.05, 0) is 44.0 Å². The first-order chi connectivity index (χ1) is 11.6. The zero-order chi connectivity index (χ0) is 17.0. The quantitative estimate of drug-likeness (QED) is 0.866. The smallest absolute Gasteiger partial charge is 0.246 e. The molecule has 1 fully saturated rings. The van der Waals surface area contributed by atoms with Crippen molar-refractivity contribution in [2.24, 2.45) is 5.92 Å². The Balaban J connectivity index is 1.69. The fourth-order valence-corrected chi connectivity index (χ4v) is 4.42. The van der Waals surface area contributed by atoms with Gasteiger partial charge in [0.15, 0.2) is 0 Å². The number of nitrogens with zero attached hydrogens (tertiary/aromatic N) is 3. The highest BCUT2D eigenvalue weighted by Crippen LogP contribution is 2.23. The van der Waals surface area contributed by atoms with E-state index in [2.05, 4.69) is 17.3 Å². The van der Waals surface area contributed by atoms with Gasteiger partial charge in [0.25, 0.3) is 0 Å². The Kier molecular flexibility index (Phi) is 5.33. The van der Waals surface area contributed by atoms with Gasteiger partial charge in [0.05, 0.1) is 18.1 Å². The van der Waals surface area contributed by atoms with E-state index in [0.717, 1.165) is 31.6 Å². The molecule has 1 aliphatic heterocycles. The molecule has 7 heteroatoms. The number of para-hydroxylation sites is 1. The molecule has 0 amide bonds. The average Bonchev–Trinajstić information content (AvgIpc) is 3.12. The Morgan fingerprint density at radius 3 is 2.58 bits per heavy atom. The lowest BCUT2D eigenvalue weighted by Crippen LogP contribution is -2.40. The van der Waals surface area contributed by atoms with E-state index in [1.54, 1.807) is 15.2 Å². The van der Waals surface area contributed by atoms with Crippen LogP contribution in [0.25, 0.3) is 5.69 Å². The van der Waals surface area contributed by atoms with Crippen molar-refractivity contribution in [2.75, 3.05) is 26.2 Å². The average molecular weight is 348 g/mol. The third kappa shape index (κ3) is 3.68. The number of sulfonamides is 1. The standard InChI is InChI=1S/C17H24N4O2S/c1-2-18-12-15-8-10-20(11-9-15)24(22,23)17-13-19-21(14-17)16-6-4-3-5-7-16/h3-7,13-15,18H,2,8-12H2,1H3. The summed E-state index contributed by atoms with van der Waals surface area (Å²) in [7, 11) is -3.46. The molecule has 3 rings (SSSR count). The maximum atomic E-state index is 12.8. The van der Waals surface area contributed by atoms with E-state index < -0.39 is 10.0 Å². The van der Waals surface area contributed by atoms with Gasteiger partial charge in [-0.1, -0.05) is 25.1 Å². The summed E-state index contributed by atoms with van der Waals surface area (Å²) in [5.74, 6) is 0.559. The first kappa shape index (κ1) is 17.1. The fraction of sp³-hybridized carbons (Fsp3) is 0.471. The second-order valence-corrected chi connectivity index (χ2v) is 8.05. The van der Waals surface area contributed by atoms with Crippen molar-refractivity contribution in [1.82, 2.24) is 19.4 Å². The van der Waals surface area contributed by atoms with Gasteiger partial charge in [-0.25, -0.2) is 13.1 Å². The molecule has 0 radical (unpaired) electrons. The molecule has 1 aromatic carbocycles. The van der Waals surface area contributed by atoms with Crippen molar-refractivity contribution in [1.29, 1.82) is 0 Å². The largest absolute Gasteiger partial charge is 0.317 e. The van der Waals surface area contributed by atoms with Gasteiger partial charge in [-0.15, -0.1) is 0 Å². The molecule has 2 heterocycles. The van der Waals surface area contributed by atoms with Crippen LogP contribution in [0.15, 0.2) is 47.6 Å². The predicted octanol–water partition coefficient (Wildman–Crippen LogP) is 1.88. The van der Waals surface area contributed by atoms with Crippen molar-refractivity contribution in [3.8, 4) is 5.69 Å². The number of nitrogens with one attached hydrogen (secondary N) is 1. The Labute approximate surface area is 143 Å². The molecular formula is C17H24N4O2S. The number of rotatable bonds is 6. The lowest BCUT2D eigenvalue weighted by atomic mass is 9.98. The molecule has 1 N–H and O–H groups in total. The second-order valence-electron chi connectivity index (χ2n) is 6.11. The maximum absolute atomic E-state index is 12.8. The predicted molar refractivity (Wildman–Crippen MR) is 93.6 cm³/mol. The lowest BCUT2D eigenvalue weighted by Gasteiger charge is -2.30. The minimum absolute atomic E-state index is 0.261. The monoisotopic (exact) mass is 348 g/mol. The van der Waals surface area contributed by atoms with E-state index in [4.69, 9.17) is 0 Å². The van der Waals surface area contributed by atoms with Crippen LogP contribution < -0.4 is 5.32 Å². The molecule has 0 aliphatic carbocycles. The summed E-state index contributed by atoms with van der Waals surface area (Å²) < 4.78 is 28.8. The summed E-state index contributed by atoms with van der Waals surface area (Å²) in [6.45, 7) is 5.17. The van der Waals surface area contributed by atoms with Crippen molar-refractivity contribution < 1.29 is 8.42 Å². The van der Waals surface area contributed by atoms with Gasteiger partial charge >= 0.3 is 0 Å². The van der Waals surface area contributed by atoms with Gasteiger partial charge in [0, 0.05) is 13.1 Å². The number of aromatic nitrogens is 2. The van der Waals surface area contributed by atoms with Crippen LogP contribution in [0.5, 0.6) is 0 Å². The van der Waals surface area contributed by atoms with Gasteiger partial charge in [-0.2, -0.15) is 9.40 Å². The maximum Gasteiger partial charge on any atom is 0.246 e. The van der Waals surface area contributed by atoms with E-state index >= 15 is 0 Å². The minimum Gasteiger partial charge on any atom is -0.317 e. The van der Waals surface area contributed by atoms with E-state index in [0.29, 0.717) is 19.0 Å². The summed E-state index contributed by atoms with van der Waals surface area (Å²) in [6, 6.07) is 9.52. The third-order valence-corrected chi connectivity index (χ3v) is 6.33. The molecule has 130 valence electrons. The number of benzene rings is 1. The summed E-state index contributed by atoms with van der Waals surface area (Å²) in [6.07, 6.45) is 4.83. The van der Waals surface area contributed by atoms with Crippen molar-refractivity contribution in [3.05, 3.63) is 42.7 Å². The van der Waals surface area contributed by atoms with Crippen molar-refractivity contribution >= 4 is 10.0 Å². The third-order valence-electron chi connectivity index (χ3n) is 4.47. The molecule has 0 atom stereocenters. The Morgan fingerprint density at radius 2 is 1.92 bits per heavy atom. The second kappa shape index (κ2) is 7.46. The fourth-order valence-electron chi connectivity index (χ4n) is 3.01. The molecule has 1 aliphatic rings. The normalized spacial score (nSPS) is 17.2. The summed E-state index contributed by atoms with van der Waals surface area (Å²) >= 11 is 0. The van der Waals surface area contributed by atoms with E-state index in [1.807, 2.05) is 30.3 Å². The lowest BCUT2D eigenvalue weighted by molar-refractivity contribution is 0.268. The van der Waals surface area contributed by atoms with Crippen LogP contribution in [0, 0.1) is 5.92 Å². The van der Waals surface area contributed by atoms with Crippen LogP contribution in [-0.4, -0.2) is 48.7 Å². The Morgan fingerprint density at radius 1 is 1.21 bits per heavy atom. The van der Waals surface area contributed by atoms with Crippen LogP contribution in [0.3, 0.4) is 0 Å². The zero-order valence-corrected chi connectivity index (χ0v) is 14.7. The Bertz CT molecular complexity index is 750. The molecule has 24 heavy (non-hydrogen) atoms. The topological polar surface area (TPSA) is 67.2 Å². The highest BCUT2D eigenvalue weighted by molar-refractivity contribution is 7.89. The number of hydrogen-bond donors (Lipinski definition) is 1. The highest BCUT2D eigenvalue weighted by atomic mass is 32.2. The van der Waals surface area contributed by atoms with Gasteiger partial charge in [-0.3, -0.25) is 0 Å². The highest BCUT2D eigenvalue weighted by Gasteiger charge is 2.30. The van der Waals surface area contributed by atoms with Gasteiger partial charge in [0.1, 0.15) is 4.90 Å². The molecule has 2 aromatic rings. The molecule has 0 unspecified atom stereocenters. The van der Waals surface area contributed by atoms with Crippen LogP contribution >= 0.6 is 0 Å². The van der Waals surface area contributed by atoms with E-state index in [1.165, 1.54) is 6.20 Å². The van der Waals surface area contributed by atoms with Crippen LogP contribution in [-0.2, 0) is 10.0 Å². The molecular weight excluding hydrogens is 324 g/mol. The number of hydrogen-bond acceptors (Lipinski definition) is 4. The van der Waals surface area contributed by atoms with E-state index in [-0.39, 0.29) is 4.90 Å². The SMILES string of the molecule is CCNCC1CCN(S(=O)(=O)c2cnn(-c3ccccc3)c2)CC1. The van der Waals surface area contributed by atoms with Crippen LogP contribution in [0.2, 0.25) is 0 Å². The summed E-state index contributed by atoms with van der Waals surface area (Å²) in [5, 5.41) is 7.55. The molecule has 0 spiro atoms. The summed E-state index contributed by atoms with van der Waals surface area (Å²) in [5.41, 5.74) is 0.850. The minimum atomic E-state index is -3.46. The van der Waals surface area contributed by atoms with Crippen molar-refractivity contribution in [3.63, 3.8) is 0 Å². The first-order valence-corrected chi connectivity index (χ1v) is 9.86. The summed E-state index contributed by atoms with van der Waals surface area (Å²) in [4.78, 5) is 0.261. The molecule has 1 aromatic heterocycles. The number of piperidine rings is 1. The van der Waals surface area contributed by atoms with Crippen LogP contribution in [0.1, 0.15) is 19.8 Å². The zero-order valence-electron chi connectivity index (χ0n) is 13.9. The van der Waals surface area contributed by atoms with Crippen LogP contribution in [0.4, 0.5) is 0 Å². The molecule has 0 saturated carbocycles. The molecule has 6 nitrogen and oxygen atoms in total. The Hall–Kier alpha value is -1.70. The van der Waals surface area contributed by atoms with Crippen molar-refractivity contribution in [2.45, 2.75) is 24.7 Å². The molecule has 0 bridgehead atoms.